The van der Waals surface area contributed by atoms with Crippen molar-refractivity contribution in [2.75, 3.05) is 0 Å². The Bertz CT molecular complexity index is 873. The fraction of sp³-hybridized carbons (Fsp3) is 0.389. The number of carbonyl (C=O) groups excluding carboxylic acids is 1. The number of rotatable bonds is 1. The maximum absolute atomic E-state index is 12.3. The number of nitrogens with zero attached hydrogens (tertiary/aromatic N) is 1. The number of benzene rings is 2. The molecule has 1 N–H and O–H groups in total. The van der Waals surface area contributed by atoms with Gasteiger partial charge in [0, 0.05) is 11.8 Å². The number of aryl methyl sites for hydroxylation is 1. The van der Waals surface area contributed by atoms with Crippen molar-refractivity contribution < 1.29 is 14.8 Å². The van der Waals surface area contributed by atoms with Gasteiger partial charge in [-0.2, -0.15) is 0 Å². The molecule has 0 saturated heterocycles. The van der Waals surface area contributed by atoms with Crippen LogP contribution in [0.15, 0.2) is 24.3 Å². The lowest BCUT2D eigenvalue weighted by Crippen LogP contribution is -2.32. The van der Waals surface area contributed by atoms with E-state index < -0.39 is 4.92 Å². The average molecular weight is 311 g/mol. The van der Waals surface area contributed by atoms with Crippen LogP contribution in [-0.4, -0.2) is 15.8 Å². The number of fused-ring (bicyclic) bond motifs is 5. The Hall–Kier alpha value is -2.43. The molecule has 2 atom stereocenters. The van der Waals surface area contributed by atoms with E-state index in [1.807, 2.05) is 19.1 Å². The molecule has 0 aliphatic heterocycles. The Morgan fingerprint density at radius 3 is 2.83 bits per heavy atom. The van der Waals surface area contributed by atoms with Crippen LogP contribution < -0.4 is 0 Å². The van der Waals surface area contributed by atoms with Gasteiger partial charge in [0.15, 0.2) is 0 Å². The summed E-state index contributed by atoms with van der Waals surface area (Å²) in [6.07, 6.45) is 2.81. The van der Waals surface area contributed by atoms with Gasteiger partial charge in [-0.05, 0) is 47.8 Å². The first kappa shape index (κ1) is 14.2. The number of phenolic OH excluding ortho intramolecular Hbond substituents is 1. The molecule has 0 radical (unpaired) electrons. The molecule has 0 unspecified atom stereocenters. The first-order chi connectivity index (χ1) is 10.9. The summed E-state index contributed by atoms with van der Waals surface area (Å²) in [5.74, 6) is 0.367. The zero-order valence-electron chi connectivity index (χ0n) is 12.8. The number of aromatic hydroxyl groups is 1. The molecule has 2 aliphatic carbocycles. The van der Waals surface area contributed by atoms with Gasteiger partial charge in [-0.1, -0.05) is 19.1 Å². The SMILES string of the molecule is C[C@]12CCc3c(ccc4cc(O)cc([N+](=O)[O-])c34)[C@@H]1CCC2=O. The molecule has 0 aromatic heterocycles. The summed E-state index contributed by atoms with van der Waals surface area (Å²) in [6.45, 7) is 2.03. The van der Waals surface area contributed by atoms with E-state index >= 15 is 0 Å². The number of nitro groups is 1. The highest BCUT2D eigenvalue weighted by molar-refractivity contribution is 5.97. The van der Waals surface area contributed by atoms with Gasteiger partial charge >= 0.3 is 0 Å². The van der Waals surface area contributed by atoms with Crippen molar-refractivity contribution >= 4 is 22.2 Å². The third-order valence-electron chi connectivity index (χ3n) is 5.76. The van der Waals surface area contributed by atoms with Crippen LogP contribution in [0.3, 0.4) is 0 Å². The number of non-ortho nitro benzene ring substituents is 1. The van der Waals surface area contributed by atoms with Crippen molar-refractivity contribution in [3.8, 4) is 5.75 Å². The molecule has 118 valence electrons. The molecule has 0 spiro atoms. The zero-order valence-corrected chi connectivity index (χ0v) is 12.8. The molecule has 2 aromatic carbocycles. The van der Waals surface area contributed by atoms with Crippen LogP contribution >= 0.6 is 0 Å². The summed E-state index contributed by atoms with van der Waals surface area (Å²) < 4.78 is 0. The smallest absolute Gasteiger partial charge is 0.281 e. The van der Waals surface area contributed by atoms with Crippen molar-refractivity contribution in [1.29, 1.82) is 0 Å². The molecular formula is C18H17NO4. The molecule has 1 saturated carbocycles. The number of Topliss-reactive ketones (excluding diaryl/α,β-unsaturated/α-hetero) is 1. The van der Waals surface area contributed by atoms with Gasteiger partial charge < -0.3 is 5.11 Å². The van der Waals surface area contributed by atoms with E-state index in [2.05, 4.69) is 0 Å². The van der Waals surface area contributed by atoms with E-state index in [0.717, 1.165) is 24.0 Å². The van der Waals surface area contributed by atoms with Gasteiger partial charge in [0.1, 0.15) is 11.5 Å². The molecule has 0 bridgehead atoms. The van der Waals surface area contributed by atoms with Crippen LogP contribution in [0.1, 0.15) is 43.2 Å². The monoisotopic (exact) mass is 311 g/mol. The van der Waals surface area contributed by atoms with Crippen molar-refractivity contribution in [2.24, 2.45) is 5.41 Å². The number of phenols is 1. The summed E-state index contributed by atoms with van der Waals surface area (Å²) in [7, 11) is 0. The van der Waals surface area contributed by atoms with Gasteiger partial charge in [-0.15, -0.1) is 0 Å². The van der Waals surface area contributed by atoms with E-state index in [-0.39, 0.29) is 22.8 Å². The van der Waals surface area contributed by atoms with Crippen molar-refractivity contribution in [2.45, 2.75) is 38.5 Å². The third kappa shape index (κ3) is 1.82. The van der Waals surface area contributed by atoms with Crippen LogP contribution in [-0.2, 0) is 11.2 Å². The summed E-state index contributed by atoms with van der Waals surface area (Å²) in [5, 5.41) is 22.5. The predicted molar refractivity (Wildman–Crippen MR) is 85.7 cm³/mol. The van der Waals surface area contributed by atoms with Gasteiger partial charge in [0.25, 0.3) is 5.69 Å². The Kier molecular flexibility index (Phi) is 2.80. The molecule has 4 rings (SSSR count). The summed E-state index contributed by atoms with van der Waals surface area (Å²) in [5.41, 5.74) is 1.67. The average Bonchev–Trinajstić information content (AvgIpc) is 2.81. The Balaban J connectivity index is 2.02. The highest BCUT2D eigenvalue weighted by atomic mass is 16.6. The number of ketones is 1. The number of hydrogen-bond acceptors (Lipinski definition) is 4. The quantitative estimate of drug-likeness (QED) is 0.640. The Labute approximate surface area is 133 Å². The van der Waals surface area contributed by atoms with Crippen LogP contribution in [0, 0.1) is 15.5 Å². The predicted octanol–water partition coefficient (Wildman–Crippen LogP) is 3.85. The normalized spacial score (nSPS) is 26.1. The minimum atomic E-state index is -0.435. The molecule has 0 heterocycles. The van der Waals surface area contributed by atoms with Gasteiger partial charge in [0.05, 0.1) is 16.4 Å². The highest BCUT2D eigenvalue weighted by Crippen LogP contribution is 2.55. The van der Waals surface area contributed by atoms with Crippen LogP contribution in [0.5, 0.6) is 5.75 Å². The molecule has 5 nitrogen and oxygen atoms in total. The molecule has 5 heteroatoms. The van der Waals surface area contributed by atoms with E-state index in [1.54, 1.807) is 6.07 Å². The molecule has 23 heavy (non-hydrogen) atoms. The van der Waals surface area contributed by atoms with Crippen molar-refractivity contribution in [3.63, 3.8) is 0 Å². The Morgan fingerprint density at radius 1 is 1.30 bits per heavy atom. The van der Waals surface area contributed by atoms with E-state index in [4.69, 9.17) is 0 Å². The van der Waals surface area contributed by atoms with Gasteiger partial charge in [-0.25, -0.2) is 0 Å². The molecular weight excluding hydrogens is 294 g/mol. The highest BCUT2D eigenvalue weighted by Gasteiger charge is 2.49. The molecule has 2 aliphatic rings. The fourth-order valence-electron chi connectivity index (χ4n) is 4.53. The maximum Gasteiger partial charge on any atom is 0.281 e. The lowest BCUT2D eigenvalue weighted by Gasteiger charge is -2.36. The third-order valence-corrected chi connectivity index (χ3v) is 5.76. The molecule has 2 aromatic rings. The number of carbonyl (C=O) groups is 1. The van der Waals surface area contributed by atoms with E-state index in [1.165, 1.54) is 6.07 Å². The number of nitro benzene ring substituents is 1. The second-order valence-corrected chi connectivity index (χ2v) is 6.89. The maximum atomic E-state index is 12.3. The second-order valence-electron chi connectivity index (χ2n) is 6.89. The lowest BCUT2D eigenvalue weighted by molar-refractivity contribution is -0.383. The zero-order chi connectivity index (χ0) is 16.4. The lowest BCUT2D eigenvalue weighted by atomic mass is 9.66. The Morgan fingerprint density at radius 2 is 2.09 bits per heavy atom. The van der Waals surface area contributed by atoms with Crippen LogP contribution in [0.4, 0.5) is 5.69 Å². The summed E-state index contributed by atoms with van der Waals surface area (Å²) in [4.78, 5) is 23.3. The largest absolute Gasteiger partial charge is 0.508 e. The van der Waals surface area contributed by atoms with Gasteiger partial charge in [-0.3, -0.25) is 14.9 Å². The second kappa shape index (κ2) is 4.54. The van der Waals surface area contributed by atoms with Crippen molar-refractivity contribution in [1.82, 2.24) is 0 Å². The van der Waals surface area contributed by atoms with E-state index in [0.29, 0.717) is 29.4 Å². The first-order valence-electron chi connectivity index (χ1n) is 7.88. The minimum Gasteiger partial charge on any atom is -0.508 e. The van der Waals surface area contributed by atoms with Crippen molar-refractivity contribution in [3.05, 3.63) is 45.5 Å². The van der Waals surface area contributed by atoms with E-state index in [9.17, 15) is 20.0 Å². The standard InChI is InChI=1S/C18H17NO4/c1-18-7-6-13-12(14(18)4-5-16(18)21)3-2-10-8-11(20)9-15(17(10)13)19(22)23/h2-3,8-9,14,20H,4-7H2,1H3/t14-,18-/m0/s1. The topological polar surface area (TPSA) is 80.4 Å². The molecule has 0 amide bonds. The summed E-state index contributed by atoms with van der Waals surface area (Å²) >= 11 is 0. The van der Waals surface area contributed by atoms with Crippen LogP contribution in [0.2, 0.25) is 0 Å². The fourth-order valence-corrected chi connectivity index (χ4v) is 4.53. The number of hydrogen-bond donors (Lipinski definition) is 1. The van der Waals surface area contributed by atoms with Crippen LogP contribution in [0.25, 0.3) is 10.8 Å². The molecule has 1 fully saturated rings. The first-order valence-corrected chi connectivity index (χ1v) is 7.88. The summed E-state index contributed by atoms with van der Waals surface area (Å²) in [6, 6.07) is 6.60. The minimum absolute atomic E-state index is 0.0511. The van der Waals surface area contributed by atoms with Gasteiger partial charge in [0.2, 0.25) is 0 Å².